The summed E-state index contributed by atoms with van der Waals surface area (Å²) in [6.45, 7) is 1.63. The number of aliphatic hydroxyl groups excluding tert-OH is 2. The number of aliphatic hydroxyl groups is 2. The van der Waals surface area contributed by atoms with Gasteiger partial charge in [0.1, 0.15) is 5.82 Å². The van der Waals surface area contributed by atoms with Crippen molar-refractivity contribution >= 4 is 39.8 Å². The molecule has 0 radical (unpaired) electrons. The lowest BCUT2D eigenvalue weighted by Gasteiger charge is -2.34. The van der Waals surface area contributed by atoms with Gasteiger partial charge in [-0.25, -0.2) is 45.8 Å². The van der Waals surface area contributed by atoms with E-state index in [-0.39, 0.29) is 37.8 Å². The van der Waals surface area contributed by atoms with E-state index in [1.165, 1.54) is 43.5 Å². The number of halogens is 9. The minimum absolute atomic E-state index is 0.0601. The number of hydrogen-bond donors (Lipinski definition) is 4. The molecule has 0 aliphatic carbocycles. The normalized spacial score (nSPS) is 17.0. The number of aromatic nitrogens is 4. The van der Waals surface area contributed by atoms with Crippen molar-refractivity contribution in [1.82, 2.24) is 29.7 Å². The number of nitrogens with two attached hydrogens (primary N) is 1. The van der Waals surface area contributed by atoms with Gasteiger partial charge in [-0.05, 0) is 36.6 Å². The highest BCUT2D eigenvalue weighted by Crippen LogP contribution is 2.37. The molecule has 0 bridgehead atoms. The first-order valence-electron chi connectivity index (χ1n) is 20.0. The van der Waals surface area contributed by atoms with Crippen LogP contribution in [0.1, 0.15) is 85.9 Å². The van der Waals surface area contributed by atoms with Crippen LogP contribution < -0.4 is 10.0 Å². The highest BCUT2D eigenvalue weighted by molar-refractivity contribution is 7.92. The average Bonchev–Trinajstić information content (AvgIpc) is 3.19. The van der Waals surface area contributed by atoms with Gasteiger partial charge in [-0.3, -0.25) is 14.4 Å². The number of amides is 2. The van der Waals surface area contributed by atoms with Crippen LogP contribution in [0.3, 0.4) is 0 Å². The van der Waals surface area contributed by atoms with Crippen molar-refractivity contribution in [3.8, 4) is 11.3 Å². The Hall–Kier alpha value is -5.47. The lowest BCUT2D eigenvalue weighted by atomic mass is 9.97. The Morgan fingerprint density at radius 2 is 1.62 bits per heavy atom. The van der Waals surface area contributed by atoms with Gasteiger partial charge in [0.2, 0.25) is 33.6 Å². The summed E-state index contributed by atoms with van der Waals surface area (Å²) in [5, 5.41) is 28.8. The van der Waals surface area contributed by atoms with E-state index in [2.05, 4.69) is 19.9 Å². The third kappa shape index (κ3) is 14.5. The Morgan fingerprint density at radius 1 is 0.985 bits per heavy atom. The number of hydrogen-bond acceptors (Lipinski definition) is 12. The molecule has 2 amide bonds. The van der Waals surface area contributed by atoms with Crippen LogP contribution in [-0.4, -0.2) is 128 Å². The van der Waals surface area contributed by atoms with Crippen molar-refractivity contribution in [3.63, 3.8) is 0 Å². The van der Waals surface area contributed by atoms with Gasteiger partial charge in [-0.2, -0.15) is 26.3 Å². The zero-order valence-corrected chi connectivity index (χ0v) is 36.6. The molecule has 66 heavy (non-hydrogen) atoms. The van der Waals surface area contributed by atoms with Crippen LogP contribution in [0.15, 0.2) is 30.3 Å². The number of carboxylic acids is 1. The molecule has 3 atom stereocenters. The SMILES string of the molecule is CC(C)c1nc(N(C)S(C)(=O)=O)nc(-c2ccc(F)cc2)c1/C=C/[C@@H](O)C[C@@H](O)CC(=O)O.N[C@@H](CC(=O)N1CCc2c(nc(C(F)(F)F)nc2C(F)(F)F)C1)CN1CC(F)(F)CCC1=O. The zero-order chi connectivity index (χ0) is 49.7. The van der Waals surface area contributed by atoms with Gasteiger partial charge in [-0.1, -0.05) is 26.0 Å². The molecule has 0 unspecified atom stereocenters. The highest BCUT2D eigenvalue weighted by atomic mass is 32.2. The van der Waals surface area contributed by atoms with Gasteiger partial charge in [-0.15, -0.1) is 0 Å². The maximum atomic E-state index is 13.5. The number of nitrogens with zero attached hydrogens (tertiary/aromatic N) is 7. The summed E-state index contributed by atoms with van der Waals surface area (Å²) in [6.07, 6.45) is -11.4. The van der Waals surface area contributed by atoms with Crippen LogP contribution >= 0.6 is 0 Å². The summed E-state index contributed by atoms with van der Waals surface area (Å²) < 4.78 is 144. The maximum Gasteiger partial charge on any atom is 0.451 e. The van der Waals surface area contributed by atoms with Crippen molar-refractivity contribution in [1.29, 1.82) is 0 Å². The summed E-state index contributed by atoms with van der Waals surface area (Å²) in [4.78, 5) is 51.6. The molecule has 0 saturated carbocycles. The number of rotatable bonds is 14. The van der Waals surface area contributed by atoms with E-state index < -0.39 is 132 Å². The Bertz CT molecular complexity index is 2390. The minimum Gasteiger partial charge on any atom is -0.481 e. The Balaban J connectivity index is 0.000000289. The molecule has 5 N–H and O–H groups in total. The highest BCUT2D eigenvalue weighted by Gasteiger charge is 2.44. The van der Waals surface area contributed by atoms with E-state index in [4.69, 9.17) is 10.8 Å². The molecule has 2 aliphatic rings. The molecule has 364 valence electrons. The van der Waals surface area contributed by atoms with Gasteiger partial charge in [0.05, 0.1) is 55.1 Å². The fourth-order valence-corrected chi connectivity index (χ4v) is 7.19. The van der Waals surface area contributed by atoms with E-state index in [1.807, 2.05) is 13.8 Å². The van der Waals surface area contributed by atoms with Crippen molar-refractivity contribution in [3.05, 3.63) is 70.2 Å². The Labute approximate surface area is 372 Å². The largest absolute Gasteiger partial charge is 0.481 e. The van der Waals surface area contributed by atoms with Crippen molar-refractivity contribution in [2.75, 3.05) is 37.2 Å². The molecule has 4 heterocycles. The average molecular weight is 971 g/mol. The van der Waals surface area contributed by atoms with Crippen molar-refractivity contribution in [2.45, 2.75) is 101 Å². The zero-order valence-electron chi connectivity index (χ0n) is 35.7. The molecule has 1 saturated heterocycles. The monoisotopic (exact) mass is 970 g/mol. The van der Waals surface area contributed by atoms with Crippen molar-refractivity contribution in [2.24, 2.45) is 5.73 Å². The van der Waals surface area contributed by atoms with Crippen molar-refractivity contribution < 1.29 is 77.6 Å². The molecular formula is C40H47F9N8O8S. The van der Waals surface area contributed by atoms with E-state index in [0.29, 0.717) is 22.5 Å². The number of carbonyl (C=O) groups is 3. The summed E-state index contributed by atoms with van der Waals surface area (Å²) in [7, 11) is -2.33. The quantitative estimate of drug-likeness (QED) is 0.160. The number of carboxylic acid groups (broad SMARTS) is 1. The molecule has 1 aromatic carbocycles. The van der Waals surface area contributed by atoms with Crippen LogP contribution in [0.4, 0.5) is 45.5 Å². The summed E-state index contributed by atoms with van der Waals surface area (Å²) >= 11 is 0. The summed E-state index contributed by atoms with van der Waals surface area (Å²) in [6, 6.07) is 4.43. The van der Waals surface area contributed by atoms with Gasteiger partial charge >= 0.3 is 18.3 Å². The number of likely N-dealkylation sites (tertiary alicyclic amines) is 1. The fraction of sp³-hybridized carbons (Fsp3) is 0.525. The first kappa shape index (κ1) is 53.1. The smallest absolute Gasteiger partial charge is 0.451 e. The maximum absolute atomic E-state index is 13.5. The molecule has 0 spiro atoms. The molecule has 3 aromatic rings. The van der Waals surface area contributed by atoms with E-state index in [9.17, 15) is 72.5 Å². The van der Waals surface area contributed by atoms with Gasteiger partial charge in [0, 0.05) is 68.6 Å². The van der Waals surface area contributed by atoms with Crippen LogP contribution in [0.5, 0.6) is 0 Å². The summed E-state index contributed by atoms with van der Waals surface area (Å²) in [5.41, 5.74) is 4.81. The summed E-state index contributed by atoms with van der Waals surface area (Å²) in [5.74, 6) is -8.19. The van der Waals surface area contributed by atoms with E-state index in [0.717, 1.165) is 20.4 Å². The lowest BCUT2D eigenvalue weighted by Crippen LogP contribution is -2.51. The molecule has 1 fully saturated rings. The van der Waals surface area contributed by atoms with Crippen LogP contribution in [-0.2, 0) is 49.7 Å². The number of anilines is 1. The Kier molecular flexibility index (Phi) is 16.9. The third-order valence-corrected chi connectivity index (χ3v) is 11.3. The lowest BCUT2D eigenvalue weighted by molar-refractivity contribution is -0.153. The second-order valence-electron chi connectivity index (χ2n) is 16.0. The van der Waals surface area contributed by atoms with Crippen LogP contribution in [0.2, 0.25) is 0 Å². The van der Waals surface area contributed by atoms with Crippen LogP contribution in [0.25, 0.3) is 17.3 Å². The number of sulfonamides is 1. The number of aliphatic carboxylic acids is 1. The third-order valence-electron chi connectivity index (χ3n) is 10.1. The predicted octanol–water partition coefficient (Wildman–Crippen LogP) is 4.78. The van der Waals surface area contributed by atoms with Gasteiger partial charge in [0.25, 0.3) is 5.92 Å². The number of piperidine rings is 1. The Morgan fingerprint density at radius 3 is 2.18 bits per heavy atom. The molecule has 26 heteroatoms. The molecule has 2 aromatic heterocycles. The van der Waals surface area contributed by atoms with E-state index in [1.54, 1.807) is 0 Å². The van der Waals surface area contributed by atoms with Gasteiger partial charge < -0.3 is 30.9 Å². The molecule has 2 aliphatic heterocycles. The predicted molar refractivity (Wildman–Crippen MR) is 217 cm³/mol. The molecule has 5 rings (SSSR count). The molecule has 16 nitrogen and oxygen atoms in total. The van der Waals surface area contributed by atoms with E-state index >= 15 is 0 Å². The number of carbonyl (C=O) groups excluding carboxylic acids is 2. The standard InChI is InChI=1S/C22H28FN3O6S.C18H19F8N5O2/c1-13(2)20-18(10-9-16(27)11-17(28)12-19(29)30)21(14-5-7-15(23)8-6-14)25-22(24-20)26(3)33(4,31)32;19-16(20)3-1-12(32)31(8-16)6-9(27)5-13(33)30-4-2-10-11(7-30)28-15(18(24,25)26)29-14(10)17(21,22)23/h5-10,13,16-17,27-28H,11-12H2,1-4H3,(H,29,30);9H,1-8,27H2/b10-9+;/t16-,17-;9-/m10/s1. The minimum atomic E-state index is -5.23. The fourth-order valence-electron chi connectivity index (χ4n) is 6.81. The topological polar surface area (TPSA) is 233 Å². The first-order valence-corrected chi connectivity index (χ1v) is 21.8. The van der Waals surface area contributed by atoms with Crippen LogP contribution in [0, 0.1) is 5.82 Å². The number of fused-ring (bicyclic) bond motifs is 1. The number of alkyl halides is 8. The number of benzene rings is 1. The van der Waals surface area contributed by atoms with Gasteiger partial charge in [0.15, 0.2) is 5.69 Å². The molecular weight excluding hydrogens is 924 g/mol. The first-order chi connectivity index (χ1) is 30.4. The second kappa shape index (κ2) is 21.0. The second-order valence-corrected chi connectivity index (χ2v) is 18.0.